The van der Waals surface area contributed by atoms with Crippen LogP contribution in [0.1, 0.15) is 39.3 Å². The zero-order chi connectivity index (χ0) is 12.9. The van der Waals surface area contributed by atoms with Crippen LogP contribution in [0.5, 0.6) is 5.75 Å². The molecular weight excluding hydrogens is 210 g/mol. The Morgan fingerprint density at radius 1 is 1.41 bits per heavy atom. The first-order valence-corrected chi connectivity index (χ1v) is 5.97. The van der Waals surface area contributed by atoms with Gasteiger partial charge in [-0.2, -0.15) is 0 Å². The van der Waals surface area contributed by atoms with Crippen molar-refractivity contribution in [1.29, 1.82) is 0 Å². The molecule has 1 atom stereocenters. The van der Waals surface area contributed by atoms with Crippen LogP contribution in [0.2, 0.25) is 0 Å². The molecule has 2 heteroatoms. The molecule has 1 unspecified atom stereocenters. The molecule has 0 radical (unpaired) electrons. The zero-order valence-electron chi connectivity index (χ0n) is 11.1. The van der Waals surface area contributed by atoms with Crippen molar-refractivity contribution in [1.82, 2.24) is 5.32 Å². The first kappa shape index (κ1) is 13.6. The van der Waals surface area contributed by atoms with Gasteiger partial charge < -0.3 is 4.74 Å². The largest absolute Gasteiger partial charge is 0.494 e. The van der Waals surface area contributed by atoms with Gasteiger partial charge in [-0.1, -0.05) is 24.1 Å². The average molecular weight is 231 g/mol. The van der Waals surface area contributed by atoms with Crippen molar-refractivity contribution in [3.8, 4) is 18.1 Å². The minimum atomic E-state index is -0.321. The average Bonchev–Trinajstić information content (AvgIpc) is 2.29. The molecule has 0 saturated carbocycles. The molecule has 1 N–H and O–H groups in total. The van der Waals surface area contributed by atoms with Gasteiger partial charge >= 0.3 is 0 Å². The first-order chi connectivity index (χ1) is 8.00. The van der Waals surface area contributed by atoms with Gasteiger partial charge in [0.2, 0.25) is 0 Å². The summed E-state index contributed by atoms with van der Waals surface area (Å²) < 4.78 is 5.61. The van der Waals surface area contributed by atoms with Gasteiger partial charge in [0.1, 0.15) is 5.75 Å². The third kappa shape index (κ3) is 3.80. The van der Waals surface area contributed by atoms with E-state index in [1.807, 2.05) is 39.0 Å². The van der Waals surface area contributed by atoms with Crippen LogP contribution >= 0.6 is 0 Å². The monoisotopic (exact) mass is 231 g/mol. The topological polar surface area (TPSA) is 21.3 Å². The number of hydrogen-bond donors (Lipinski definition) is 1. The number of benzene rings is 1. The lowest BCUT2D eigenvalue weighted by molar-refractivity contribution is 0.328. The number of terminal acetylenes is 1. The van der Waals surface area contributed by atoms with Gasteiger partial charge in [-0.15, -0.1) is 6.42 Å². The van der Waals surface area contributed by atoms with Crippen LogP contribution in [0, 0.1) is 12.3 Å². The van der Waals surface area contributed by atoms with E-state index >= 15 is 0 Å². The number of ether oxygens (including phenoxy) is 1. The van der Waals surface area contributed by atoms with Gasteiger partial charge in [0.05, 0.1) is 12.1 Å². The third-order valence-electron chi connectivity index (χ3n) is 2.62. The number of hydrogen-bond acceptors (Lipinski definition) is 2. The van der Waals surface area contributed by atoms with Crippen molar-refractivity contribution in [2.45, 2.75) is 39.3 Å². The Morgan fingerprint density at radius 2 is 2.06 bits per heavy atom. The third-order valence-corrected chi connectivity index (χ3v) is 2.62. The van der Waals surface area contributed by atoms with Crippen LogP contribution in [-0.4, -0.2) is 12.1 Å². The Bertz CT molecular complexity index is 404. The van der Waals surface area contributed by atoms with Crippen molar-refractivity contribution in [2.24, 2.45) is 0 Å². The Labute approximate surface area is 104 Å². The molecule has 17 heavy (non-hydrogen) atoms. The van der Waals surface area contributed by atoms with Crippen molar-refractivity contribution in [2.75, 3.05) is 6.61 Å². The quantitative estimate of drug-likeness (QED) is 0.786. The molecule has 0 aliphatic carbocycles. The molecule has 92 valence electrons. The molecule has 0 amide bonds. The van der Waals surface area contributed by atoms with E-state index in [9.17, 15) is 0 Å². The minimum Gasteiger partial charge on any atom is -0.494 e. The van der Waals surface area contributed by atoms with Gasteiger partial charge in [0, 0.05) is 11.6 Å². The fraction of sp³-hybridized carbons (Fsp3) is 0.467. The van der Waals surface area contributed by atoms with Gasteiger partial charge in [-0.05, 0) is 33.8 Å². The van der Waals surface area contributed by atoms with E-state index in [2.05, 4.69) is 24.2 Å². The molecule has 2 nitrogen and oxygen atoms in total. The van der Waals surface area contributed by atoms with Crippen molar-refractivity contribution < 1.29 is 4.74 Å². The molecule has 0 saturated heterocycles. The maximum absolute atomic E-state index is 5.61. The van der Waals surface area contributed by atoms with E-state index < -0.39 is 0 Å². The summed E-state index contributed by atoms with van der Waals surface area (Å²) in [6.07, 6.45) is 5.49. The van der Waals surface area contributed by atoms with Gasteiger partial charge in [-0.25, -0.2) is 0 Å². The Balaban J connectivity index is 2.89. The van der Waals surface area contributed by atoms with Gasteiger partial charge in [0.15, 0.2) is 0 Å². The second-order valence-electron chi connectivity index (χ2n) is 4.61. The highest BCUT2D eigenvalue weighted by Gasteiger charge is 2.19. The van der Waals surface area contributed by atoms with E-state index in [1.165, 1.54) is 0 Å². The normalized spacial score (nSPS) is 12.9. The molecule has 0 bridgehead atoms. The van der Waals surface area contributed by atoms with E-state index in [0.29, 0.717) is 6.61 Å². The summed E-state index contributed by atoms with van der Waals surface area (Å²) in [4.78, 5) is 0. The minimum absolute atomic E-state index is 0.156. The SMILES string of the molecule is C#CC(C)(C)NC(C)c1ccccc1OCC. The van der Waals surface area contributed by atoms with Crippen molar-refractivity contribution in [3.05, 3.63) is 29.8 Å². The lowest BCUT2D eigenvalue weighted by Crippen LogP contribution is -2.39. The van der Waals surface area contributed by atoms with Crippen molar-refractivity contribution in [3.63, 3.8) is 0 Å². The molecule has 1 aromatic carbocycles. The number of para-hydroxylation sites is 1. The van der Waals surface area contributed by atoms with Crippen LogP contribution in [0.25, 0.3) is 0 Å². The van der Waals surface area contributed by atoms with Crippen molar-refractivity contribution >= 4 is 0 Å². The standard InChI is InChI=1S/C15H21NO/c1-6-15(4,5)16-12(3)13-10-8-9-11-14(13)17-7-2/h1,8-12,16H,7H2,2-5H3. The molecule has 0 aromatic heterocycles. The Hall–Kier alpha value is -1.46. The second-order valence-corrected chi connectivity index (χ2v) is 4.61. The van der Waals surface area contributed by atoms with Crippen LogP contribution in [-0.2, 0) is 0 Å². The molecular formula is C15H21NO. The fourth-order valence-electron chi connectivity index (χ4n) is 1.79. The van der Waals surface area contributed by atoms with Crippen LogP contribution in [0.3, 0.4) is 0 Å². The van der Waals surface area contributed by atoms with E-state index in [4.69, 9.17) is 11.2 Å². The maximum Gasteiger partial charge on any atom is 0.124 e. The molecule has 0 spiro atoms. The molecule has 0 aliphatic heterocycles. The molecule has 0 heterocycles. The summed E-state index contributed by atoms with van der Waals surface area (Å²) in [5.74, 6) is 3.66. The zero-order valence-corrected chi connectivity index (χ0v) is 11.1. The van der Waals surface area contributed by atoms with E-state index in [1.54, 1.807) is 0 Å². The summed E-state index contributed by atoms with van der Waals surface area (Å²) in [5.41, 5.74) is 0.816. The van der Waals surface area contributed by atoms with Gasteiger partial charge in [-0.3, -0.25) is 5.32 Å². The summed E-state index contributed by atoms with van der Waals surface area (Å²) in [6.45, 7) is 8.74. The Kier molecular flexibility index (Phi) is 4.60. The molecule has 1 aromatic rings. The van der Waals surface area contributed by atoms with Crippen LogP contribution in [0.15, 0.2) is 24.3 Å². The summed E-state index contributed by atoms with van der Waals surface area (Å²) >= 11 is 0. The highest BCUT2D eigenvalue weighted by molar-refractivity contribution is 5.36. The summed E-state index contributed by atoms with van der Waals surface area (Å²) in [6, 6.07) is 8.20. The van der Waals surface area contributed by atoms with E-state index in [-0.39, 0.29) is 11.6 Å². The highest BCUT2D eigenvalue weighted by atomic mass is 16.5. The second kappa shape index (κ2) is 5.75. The smallest absolute Gasteiger partial charge is 0.124 e. The molecule has 0 fully saturated rings. The predicted octanol–water partition coefficient (Wildman–Crippen LogP) is 3.15. The molecule has 1 rings (SSSR count). The fourth-order valence-corrected chi connectivity index (χ4v) is 1.79. The van der Waals surface area contributed by atoms with E-state index in [0.717, 1.165) is 11.3 Å². The first-order valence-electron chi connectivity index (χ1n) is 5.97. The number of nitrogens with one attached hydrogen (secondary N) is 1. The number of rotatable bonds is 5. The summed E-state index contributed by atoms with van der Waals surface area (Å²) in [7, 11) is 0. The summed E-state index contributed by atoms with van der Waals surface area (Å²) in [5, 5.41) is 3.40. The van der Waals surface area contributed by atoms with Gasteiger partial charge in [0.25, 0.3) is 0 Å². The maximum atomic E-state index is 5.61. The predicted molar refractivity (Wildman–Crippen MR) is 72.1 cm³/mol. The lowest BCUT2D eigenvalue weighted by atomic mass is 10.0. The van der Waals surface area contributed by atoms with Crippen LogP contribution in [0.4, 0.5) is 0 Å². The highest BCUT2D eigenvalue weighted by Crippen LogP contribution is 2.26. The molecule has 0 aliphatic rings. The Morgan fingerprint density at radius 3 is 2.65 bits per heavy atom. The lowest BCUT2D eigenvalue weighted by Gasteiger charge is -2.26. The van der Waals surface area contributed by atoms with Crippen LogP contribution < -0.4 is 10.1 Å².